The van der Waals surface area contributed by atoms with Crippen molar-refractivity contribution in [2.45, 2.75) is 19.6 Å². The largest absolute Gasteiger partial charge is 0.419 e. The smallest absolute Gasteiger partial charge is 0.313 e. The van der Waals surface area contributed by atoms with Gasteiger partial charge >= 0.3 is 6.18 Å². The van der Waals surface area contributed by atoms with Crippen LogP contribution in [0.5, 0.6) is 0 Å². The molecule has 6 heteroatoms. The first-order chi connectivity index (χ1) is 9.02. The molecule has 0 bridgehead atoms. The molecule has 0 radical (unpaired) electrons. The zero-order valence-electron chi connectivity index (χ0n) is 10.4. The molecule has 0 fully saturated rings. The number of aromatic nitrogens is 2. The van der Waals surface area contributed by atoms with Crippen LogP contribution in [0.25, 0.3) is 5.69 Å². The minimum absolute atomic E-state index is 0.591. The van der Waals surface area contributed by atoms with Gasteiger partial charge in [-0.15, -0.1) is 0 Å². The third-order valence-corrected chi connectivity index (χ3v) is 2.71. The Hall–Kier alpha value is -1.82. The van der Waals surface area contributed by atoms with E-state index >= 15 is 0 Å². The highest BCUT2D eigenvalue weighted by Crippen LogP contribution is 2.29. The number of benzene rings is 1. The van der Waals surface area contributed by atoms with Crippen molar-refractivity contribution in [1.82, 2.24) is 15.1 Å². The predicted molar refractivity (Wildman–Crippen MR) is 65.9 cm³/mol. The van der Waals surface area contributed by atoms with Crippen LogP contribution in [0.3, 0.4) is 0 Å². The molecule has 1 heterocycles. The predicted octanol–water partition coefficient (Wildman–Crippen LogP) is 3.00. The number of nitrogens with one attached hydrogen (secondary N) is 1. The van der Waals surface area contributed by atoms with Gasteiger partial charge in [-0.05, 0) is 18.2 Å². The highest BCUT2D eigenvalue weighted by molar-refractivity contribution is 5.40. The maximum atomic E-state index is 12.6. The highest BCUT2D eigenvalue weighted by atomic mass is 19.4. The maximum absolute atomic E-state index is 12.6. The van der Waals surface area contributed by atoms with Crippen LogP contribution in [0, 0.1) is 0 Å². The van der Waals surface area contributed by atoms with Crippen molar-refractivity contribution in [3.05, 3.63) is 47.8 Å². The SMILES string of the molecule is CCNCc1ccccc1-n1cc(C(F)(F)F)cn1. The molecular formula is C13H14F3N3. The second-order valence-corrected chi connectivity index (χ2v) is 4.08. The minimum atomic E-state index is -4.37. The molecule has 102 valence electrons. The Labute approximate surface area is 109 Å². The van der Waals surface area contributed by atoms with Crippen LogP contribution in [0.1, 0.15) is 18.1 Å². The van der Waals surface area contributed by atoms with E-state index in [1.54, 1.807) is 12.1 Å². The summed E-state index contributed by atoms with van der Waals surface area (Å²) >= 11 is 0. The van der Waals surface area contributed by atoms with Gasteiger partial charge in [-0.1, -0.05) is 25.1 Å². The van der Waals surface area contributed by atoms with Gasteiger partial charge in [0.05, 0.1) is 17.4 Å². The summed E-state index contributed by atoms with van der Waals surface area (Å²) in [5, 5.41) is 6.94. The molecule has 2 aromatic rings. The molecule has 0 amide bonds. The monoisotopic (exact) mass is 269 g/mol. The first-order valence-corrected chi connectivity index (χ1v) is 5.93. The third kappa shape index (κ3) is 3.14. The van der Waals surface area contributed by atoms with E-state index in [0.717, 1.165) is 24.5 Å². The van der Waals surface area contributed by atoms with Crippen molar-refractivity contribution >= 4 is 0 Å². The molecule has 0 saturated heterocycles. The molecule has 19 heavy (non-hydrogen) atoms. The molecule has 0 aliphatic rings. The van der Waals surface area contributed by atoms with Gasteiger partial charge in [0.1, 0.15) is 0 Å². The first-order valence-electron chi connectivity index (χ1n) is 5.93. The Morgan fingerprint density at radius 1 is 1.26 bits per heavy atom. The molecule has 0 atom stereocenters. The summed E-state index contributed by atoms with van der Waals surface area (Å²) in [6.07, 6.45) is -2.52. The molecule has 0 aliphatic carbocycles. The number of hydrogen-bond acceptors (Lipinski definition) is 2. The van der Waals surface area contributed by atoms with Gasteiger partial charge in [-0.3, -0.25) is 0 Å². The van der Waals surface area contributed by atoms with E-state index in [0.29, 0.717) is 12.2 Å². The fraction of sp³-hybridized carbons (Fsp3) is 0.308. The van der Waals surface area contributed by atoms with Crippen molar-refractivity contribution in [1.29, 1.82) is 0 Å². The summed E-state index contributed by atoms with van der Waals surface area (Å²) in [5.41, 5.74) is 0.811. The Bertz CT molecular complexity index is 546. The molecular weight excluding hydrogens is 255 g/mol. The fourth-order valence-electron chi connectivity index (χ4n) is 1.74. The number of rotatable bonds is 4. The molecule has 0 saturated carbocycles. The van der Waals surface area contributed by atoms with Crippen molar-refractivity contribution in [2.75, 3.05) is 6.54 Å². The average Bonchev–Trinajstić information content (AvgIpc) is 2.86. The lowest BCUT2D eigenvalue weighted by atomic mass is 10.2. The molecule has 2 rings (SSSR count). The zero-order chi connectivity index (χ0) is 13.9. The van der Waals surface area contributed by atoms with Gasteiger partial charge in [0.2, 0.25) is 0 Å². The van der Waals surface area contributed by atoms with Gasteiger partial charge in [0.15, 0.2) is 0 Å². The number of alkyl halides is 3. The second-order valence-electron chi connectivity index (χ2n) is 4.08. The Morgan fingerprint density at radius 2 is 2.00 bits per heavy atom. The Balaban J connectivity index is 2.33. The van der Waals surface area contributed by atoms with Crippen LogP contribution in [-0.2, 0) is 12.7 Å². The lowest BCUT2D eigenvalue weighted by Crippen LogP contribution is -2.14. The van der Waals surface area contributed by atoms with E-state index in [1.165, 1.54) is 4.68 Å². The van der Waals surface area contributed by atoms with Crippen molar-refractivity contribution in [3.63, 3.8) is 0 Å². The number of halogens is 3. The van der Waals surface area contributed by atoms with Crippen molar-refractivity contribution in [2.24, 2.45) is 0 Å². The third-order valence-electron chi connectivity index (χ3n) is 2.71. The minimum Gasteiger partial charge on any atom is -0.313 e. The summed E-state index contributed by atoms with van der Waals surface area (Å²) in [7, 11) is 0. The summed E-state index contributed by atoms with van der Waals surface area (Å²) in [5.74, 6) is 0. The van der Waals surface area contributed by atoms with Gasteiger partial charge < -0.3 is 5.32 Å². The van der Waals surface area contributed by atoms with E-state index in [4.69, 9.17) is 0 Å². The van der Waals surface area contributed by atoms with Crippen LogP contribution in [0.4, 0.5) is 13.2 Å². The first kappa shape index (κ1) is 13.6. The zero-order valence-corrected chi connectivity index (χ0v) is 10.4. The van der Waals surface area contributed by atoms with Gasteiger partial charge in [0.25, 0.3) is 0 Å². The Morgan fingerprint density at radius 3 is 2.63 bits per heavy atom. The van der Waals surface area contributed by atoms with Gasteiger partial charge in [-0.2, -0.15) is 18.3 Å². The lowest BCUT2D eigenvalue weighted by molar-refractivity contribution is -0.137. The topological polar surface area (TPSA) is 29.9 Å². The van der Waals surface area contributed by atoms with E-state index in [2.05, 4.69) is 10.4 Å². The van der Waals surface area contributed by atoms with Crippen molar-refractivity contribution < 1.29 is 13.2 Å². The molecule has 1 aromatic carbocycles. The number of para-hydroxylation sites is 1. The van der Waals surface area contributed by atoms with E-state index in [9.17, 15) is 13.2 Å². The Kier molecular flexibility index (Phi) is 3.90. The molecule has 0 aliphatic heterocycles. The van der Waals surface area contributed by atoms with E-state index in [1.807, 2.05) is 19.1 Å². The van der Waals surface area contributed by atoms with Crippen LogP contribution in [-0.4, -0.2) is 16.3 Å². The average molecular weight is 269 g/mol. The quantitative estimate of drug-likeness (QED) is 0.924. The van der Waals surface area contributed by atoms with E-state index in [-0.39, 0.29) is 0 Å². The van der Waals surface area contributed by atoms with Crippen LogP contribution in [0.2, 0.25) is 0 Å². The summed E-state index contributed by atoms with van der Waals surface area (Å²) in [6.45, 7) is 3.35. The maximum Gasteiger partial charge on any atom is 0.419 e. The standard InChI is InChI=1S/C13H14F3N3/c1-2-17-7-10-5-3-4-6-12(10)19-9-11(8-18-19)13(14,15)16/h3-6,8-9,17H,2,7H2,1H3. The normalized spacial score (nSPS) is 11.8. The highest BCUT2D eigenvalue weighted by Gasteiger charge is 2.32. The number of nitrogens with zero attached hydrogens (tertiary/aromatic N) is 2. The fourth-order valence-corrected chi connectivity index (χ4v) is 1.74. The van der Waals surface area contributed by atoms with Crippen molar-refractivity contribution in [3.8, 4) is 5.69 Å². The van der Waals surface area contributed by atoms with Gasteiger partial charge in [0, 0.05) is 12.7 Å². The van der Waals surface area contributed by atoms with Crippen LogP contribution in [0.15, 0.2) is 36.7 Å². The number of hydrogen-bond donors (Lipinski definition) is 1. The summed E-state index contributed by atoms with van der Waals surface area (Å²) < 4.78 is 38.9. The lowest BCUT2D eigenvalue weighted by Gasteiger charge is -2.09. The summed E-state index contributed by atoms with van der Waals surface area (Å²) in [6, 6.07) is 7.25. The second kappa shape index (κ2) is 5.44. The summed E-state index contributed by atoms with van der Waals surface area (Å²) in [4.78, 5) is 0. The molecule has 3 nitrogen and oxygen atoms in total. The van der Waals surface area contributed by atoms with Crippen LogP contribution < -0.4 is 5.32 Å². The van der Waals surface area contributed by atoms with Crippen LogP contribution >= 0.6 is 0 Å². The molecule has 1 N–H and O–H groups in total. The van der Waals surface area contributed by atoms with Gasteiger partial charge in [-0.25, -0.2) is 4.68 Å². The molecule has 1 aromatic heterocycles. The molecule has 0 spiro atoms. The molecule has 0 unspecified atom stereocenters. The van der Waals surface area contributed by atoms with E-state index < -0.39 is 11.7 Å².